The average molecular weight is 231 g/mol. The smallest absolute Gasteiger partial charge is 0.263 e. The quantitative estimate of drug-likeness (QED) is 0.719. The van der Waals surface area contributed by atoms with E-state index in [2.05, 4.69) is 5.32 Å². The molecule has 5 heteroatoms. The molecule has 1 aromatic rings. The molecular weight excluding hydrogens is 222 g/mol. The van der Waals surface area contributed by atoms with Gasteiger partial charge in [0.25, 0.3) is 5.91 Å². The van der Waals surface area contributed by atoms with Crippen LogP contribution in [0.4, 0.5) is 5.69 Å². The largest absolute Gasteiger partial charge is 0.507 e. The first kappa shape index (κ1) is 10.9. The summed E-state index contributed by atoms with van der Waals surface area (Å²) >= 11 is 0. The molecule has 0 radical (unpaired) electrons. The molecule has 0 bridgehead atoms. The van der Waals surface area contributed by atoms with Crippen LogP contribution in [0.25, 0.3) is 0 Å². The van der Waals surface area contributed by atoms with Crippen LogP contribution in [-0.2, 0) is 9.59 Å². The molecule has 1 amide bonds. The van der Waals surface area contributed by atoms with Gasteiger partial charge in [0.05, 0.1) is 0 Å². The van der Waals surface area contributed by atoms with E-state index < -0.39 is 28.8 Å². The number of amides is 1. The fourth-order valence-electron chi connectivity index (χ4n) is 1.45. The van der Waals surface area contributed by atoms with Gasteiger partial charge in [-0.3, -0.25) is 9.59 Å². The van der Waals surface area contributed by atoms with Crippen molar-refractivity contribution in [1.82, 2.24) is 0 Å². The third-order valence-corrected chi connectivity index (χ3v) is 2.25. The summed E-state index contributed by atoms with van der Waals surface area (Å²) in [4.78, 5) is 22.7. The zero-order chi connectivity index (χ0) is 12.4. The molecule has 0 spiro atoms. The Hall–Kier alpha value is -2.56. The third-order valence-electron chi connectivity index (χ3n) is 2.25. The number of hydrogen-bond acceptors (Lipinski definition) is 4. The van der Waals surface area contributed by atoms with Gasteiger partial charge in [0, 0.05) is 11.8 Å². The van der Waals surface area contributed by atoms with Crippen LogP contribution in [0.1, 0.15) is 0 Å². The molecule has 3 N–H and O–H groups in total. The summed E-state index contributed by atoms with van der Waals surface area (Å²) in [6, 6.07) is 8.52. The van der Waals surface area contributed by atoms with Crippen molar-refractivity contribution in [1.29, 1.82) is 0 Å². The van der Waals surface area contributed by atoms with Crippen LogP contribution in [0.2, 0.25) is 0 Å². The Balaban J connectivity index is 2.23. The van der Waals surface area contributed by atoms with Crippen molar-refractivity contribution in [2.75, 3.05) is 5.32 Å². The maximum Gasteiger partial charge on any atom is 0.263 e. The second kappa shape index (κ2) is 4.13. The fraction of sp³-hybridized carbons (Fsp3) is 0. The topological polar surface area (TPSA) is 86.6 Å². The molecule has 0 atom stereocenters. The number of aliphatic hydroxyl groups is 2. The van der Waals surface area contributed by atoms with Crippen molar-refractivity contribution in [2.24, 2.45) is 0 Å². The van der Waals surface area contributed by atoms with Crippen molar-refractivity contribution < 1.29 is 19.8 Å². The Morgan fingerprint density at radius 1 is 1.12 bits per heavy atom. The minimum Gasteiger partial charge on any atom is -0.507 e. The molecule has 86 valence electrons. The van der Waals surface area contributed by atoms with Crippen LogP contribution >= 0.6 is 0 Å². The van der Waals surface area contributed by atoms with Crippen molar-refractivity contribution >= 4 is 17.4 Å². The predicted octanol–water partition coefficient (Wildman–Crippen LogP) is 1.46. The van der Waals surface area contributed by atoms with Crippen LogP contribution in [0, 0.1) is 0 Å². The number of hydrogen-bond donors (Lipinski definition) is 3. The van der Waals surface area contributed by atoms with E-state index in [4.69, 9.17) is 0 Å². The average Bonchev–Trinajstić information content (AvgIpc) is 2.54. The van der Waals surface area contributed by atoms with Gasteiger partial charge in [-0.25, -0.2) is 0 Å². The number of nitrogens with one attached hydrogen (secondary N) is 1. The van der Waals surface area contributed by atoms with E-state index in [1.54, 1.807) is 30.3 Å². The Labute approximate surface area is 96.7 Å². The molecule has 0 aliphatic heterocycles. The molecule has 1 aliphatic rings. The summed E-state index contributed by atoms with van der Waals surface area (Å²) < 4.78 is 0. The summed E-state index contributed by atoms with van der Waals surface area (Å²) in [6.07, 6.45) is 0.801. The maximum absolute atomic E-state index is 11.7. The van der Waals surface area contributed by atoms with Crippen molar-refractivity contribution in [3.63, 3.8) is 0 Å². The Morgan fingerprint density at radius 3 is 2.29 bits per heavy atom. The summed E-state index contributed by atoms with van der Waals surface area (Å²) in [5, 5.41) is 21.1. The molecule has 1 aliphatic carbocycles. The first-order valence-electron chi connectivity index (χ1n) is 4.84. The Kier molecular flexibility index (Phi) is 2.66. The van der Waals surface area contributed by atoms with Crippen LogP contribution in [0.3, 0.4) is 0 Å². The molecule has 17 heavy (non-hydrogen) atoms. The lowest BCUT2D eigenvalue weighted by Gasteiger charge is -2.05. The number of benzene rings is 1. The molecule has 0 saturated heterocycles. The SMILES string of the molecule is O=C1C=C(O)C(C(=O)Nc2ccccc2)=C1O. The summed E-state index contributed by atoms with van der Waals surface area (Å²) in [5.41, 5.74) is 0.101. The first-order valence-corrected chi connectivity index (χ1v) is 4.84. The number of ketones is 1. The van der Waals surface area contributed by atoms with Gasteiger partial charge in [-0.05, 0) is 12.1 Å². The van der Waals surface area contributed by atoms with Crippen molar-refractivity contribution in [3.8, 4) is 0 Å². The van der Waals surface area contributed by atoms with Gasteiger partial charge in [-0.2, -0.15) is 0 Å². The maximum atomic E-state index is 11.7. The third kappa shape index (κ3) is 2.03. The van der Waals surface area contributed by atoms with Gasteiger partial charge >= 0.3 is 0 Å². The molecule has 0 heterocycles. The van der Waals surface area contributed by atoms with Gasteiger partial charge in [0.15, 0.2) is 5.76 Å². The number of aliphatic hydroxyl groups excluding tert-OH is 2. The lowest BCUT2D eigenvalue weighted by molar-refractivity contribution is -0.115. The molecule has 5 nitrogen and oxygen atoms in total. The van der Waals surface area contributed by atoms with E-state index >= 15 is 0 Å². The zero-order valence-electron chi connectivity index (χ0n) is 8.68. The highest BCUT2D eigenvalue weighted by molar-refractivity contribution is 6.18. The minimum absolute atomic E-state index is 0.404. The zero-order valence-corrected chi connectivity index (χ0v) is 8.68. The fourth-order valence-corrected chi connectivity index (χ4v) is 1.45. The second-order valence-corrected chi connectivity index (χ2v) is 3.44. The van der Waals surface area contributed by atoms with Crippen molar-refractivity contribution in [3.05, 3.63) is 53.5 Å². The van der Waals surface area contributed by atoms with E-state index in [1.807, 2.05) is 0 Å². The minimum atomic E-state index is -0.777. The highest BCUT2D eigenvalue weighted by Gasteiger charge is 2.29. The van der Waals surface area contributed by atoms with Gasteiger partial charge in [-0.1, -0.05) is 18.2 Å². The van der Waals surface area contributed by atoms with E-state index in [1.165, 1.54) is 0 Å². The molecule has 0 fully saturated rings. The Morgan fingerprint density at radius 2 is 1.76 bits per heavy atom. The van der Waals surface area contributed by atoms with Crippen LogP contribution < -0.4 is 5.32 Å². The highest BCUT2D eigenvalue weighted by Crippen LogP contribution is 2.21. The second-order valence-electron chi connectivity index (χ2n) is 3.44. The normalized spacial score (nSPS) is 14.8. The highest BCUT2D eigenvalue weighted by atomic mass is 16.3. The monoisotopic (exact) mass is 231 g/mol. The standard InChI is InChI=1S/C12H9NO4/c14-8-6-9(15)11(16)10(8)12(17)13-7-4-2-1-3-5-7/h1-6,14H,(H,13,17)(H,15,16). The van der Waals surface area contributed by atoms with Crippen LogP contribution in [0.15, 0.2) is 53.5 Å². The lowest BCUT2D eigenvalue weighted by Crippen LogP contribution is -2.16. The van der Waals surface area contributed by atoms with E-state index in [0.717, 1.165) is 6.08 Å². The van der Waals surface area contributed by atoms with E-state index in [-0.39, 0.29) is 0 Å². The number of carbonyl (C=O) groups is 2. The van der Waals surface area contributed by atoms with Crippen LogP contribution in [-0.4, -0.2) is 21.9 Å². The van der Waals surface area contributed by atoms with Crippen LogP contribution in [0.5, 0.6) is 0 Å². The number of para-hydroxylation sites is 1. The number of carbonyl (C=O) groups excluding carboxylic acids is 2. The summed E-state index contributed by atoms with van der Waals surface area (Å²) in [6.45, 7) is 0. The number of rotatable bonds is 2. The summed E-state index contributed by atoms with van der Waals surface area (Å²) in [5.74, 6) is -2.77. The molecule has 2 rings (SSSR count). The van der Waals surface area contributed by atoms with E-state index in [9.17, 15) is 19.8 Å². The van der Waals surface area contributed by atoms with Crippen molar-refractivity contribution in [2.45, 2.75) is 0 Å². The van der Waals surface area contributed by atoms with Gasteiger partial charge < -0.3 is 15.5 Å². The molecule has 1 aromatic carbocycles. The molecule has 0 aromatic heterocycles. The first-order chi connectivity index (χ1) is 8.09. The van der Waals surface area contributed by atoms with Gasteiger partial charge in [0.2, 0.25) is 5.78 Å². The summed E-state index contributed by atoms with van der Waals surface area (Å²) in [7, 11) is 0. The van der Waals surface area contributed by atoms with E-state index in [0.29, 0.717) is 5.69 Å². The molecular formula is C12H9NO4. The number of allylic oxidation sites excluding steroid dienone is 1. The molecule has 0 saturated carbocycles. The Bertz CT molecular complexity index is 543. The van der Waals surface area contributed by atoms with Gasteiger partial charge in [0.1, 0.15) is 11.3 Å². The molecule has 0 unspecified atom stereocenters. The van der Waals surface area contributed by atoms with Gasteiger partial charge in [-0.15, -0.1) is 0 Å². The predicted molar refractivity (Wildman–Crippen MR) is 60.4 cm³/mol. The number of anilines is 1. The lowest BCUT2D eigenvalue weighted by atomic mass is 10.2.